The number of rotatable bonds is 4. The SMILES string of the molecule is N#CC(=CNc1cccc(F)c1)c1nc(-c2cccc(Br)c2)cs1. The van der Waals surface area contributed by atoms with Crippen LogP contribution >= 0.6 is 27.3 Å². The molecule has 24 heavy (non-hydrogen) atoms. The smallest absolute Gasteiger partial charge is 0.136 e. The van der Waals surface area contributed by atoms with E-state index in [4.69, 9.17) is 0 Å². The minimum atomic E-state index is -0.335. The summed E-state index contributed by atoms with van der Waals surface area (Å²) in [4.78, 5) is 4.52. The van der Waals surface area contributed by atoms with E-state index in [0.717, 1.165) is 15.7 Å². The Balaban J connectivity index is 1.84. The van der Waals surface area contributed by atoms with Crippen molar-refractivity contribution in [2.75, 3.05) is 5.32 Å². The Bertz CT molecular complexity index is 943. The quantitative estimate of drug-likeness (QED) is 0.573. The Kier molecular flexibility index (Phi) is 5.04. The molecular formula is C18H11BrFN3S. The van der Waals surface area contributed by atoms with Gasteiger partial charge in [-0.05, 0) is 30.3 Å². The normalized spacial score (nSPS) is 11.1. The fourth-order valence-corrected chi connectivity index (χ4v) is 3.25. The fraction of sp³-hybridized carbons (Fsp3) is 0. The molecule has 118 valence electrons. The van der Waals surface area contributed by atoms with E-state index in [9.17, 15) is 9.65 Å². The van der Waals surface area contributed by atoms with Crippen LogP contribution in [0.3, 0.4) is 0 Å². The van der Waals surface area contributed by atoms with Crippen LogP contribution in [-0.2, 0) is 0 Å². The summed E-state index contributed by atoms with van der Waals surface area (Å²) in [5.74, 6) is -0.335. The van der Waals surface area contributed by atoms with Gasteiger partial charge in [-0.1, -0.05) is 34.1 Å². The molecule has 3 nitrogen and oxygen atoms in total. The summed E-state index contributed by atoms with van der Waals surface area (Å²) in [5, 5.41) is 14.8. The number of aromatic nitrogens is 1. The first-order valence-corrected chi connectivity index (χ1v) is 8.67. The number of allylic oxidation sites excluding steroid dienone is 1. The van der Waals surface area contributed by atoms with Gasteiger partial charge >= 0.3 is 0 Å². The molecule has 1 aromatic heterocycles. The lowest BCUT2D eigenvalue weighted by molar-refractivity contribution is 0.628. The largest absolute Gasteiger partial charge is 0.360 e. The lowest BCUT2D eigenvalue weighted by Crippen LogP contribution is -1.91. The number of anilines is 1. The van der Waals surface area contributed by atoms with Crippen molar-refractivity contribution in [3.63, 3.8) is 0 Å². The predicted molar refractivity (Wildman–Crippen MR) is 98.9 cm³/mol. The average molecular weight is 400 g/mol. The van der Waals surface area contributed by atoms with Gasteiger partial charge in [-0.25, -0.2) is 9.37 Å². The van der Waals surface area contributed by atoms with E-state index < -0.39 is 0 Å². The molecule has 3 rings (SSSR count). The van der Waals surface area contributed by atoms with Crippen molar-refractivity contribution in [2.24, 2.45) is 0 Å². The van der Waals surface area contributed by atoms with Crippen LogP contribution in [0.1, 0.15) is 5.01 Å². The van der Waals surface area contributed by atoms with Gasteiger partial charge in [-0.15, -0.1) is 11.3 Å². The van der Waals surface area contributed by atoms with E-state index in [0.29, 0.717) is 16.3 Å². The number of benzene rings is 2. The fourth-order valence-electron chi connectivity index (χ4n) is 2.05. The number of halogens is 2. The van der Waals surface area contributed by atoms with Crippen molar-refractivity contribution in [3.8, 4) is 17.3 Å². The van der Waals surface area contributed by atoms with Gasteiger partial charge in [0.1, 0.15) is 22.5 Å². The second-order valence-corrected chi connectivity index (χ2v) is 6.65. The summed E-state index contributed by atoms with van der Waals surface area (Å²) in [7, 11) is 0. The van der Waals surface area contributed by atoms with Crippen molar-refractivity contribution in [2.45, 2.75) is 0 Å². The topological polar surface area (TPSA) is 48.7 Å². The molecule has 0 atom stereocenters. The van der Waals surface area contributed by atoms with E-state index >= 15 is 0 Å². The molecule has 0 bridgehead atoms. The van der Waals surface area contributed by atoms with Gasteiger partial charge in [0, 0.05) is 27.3 Å². The maximum Gasteiger partial charge on any atom is 0.136 e. The van der Waals surface area contributed by atoms with Crippen LogP contribution in [-0.4, -0.2) is 4.98 Å². The molecule has 0 spiro atoms. The lowest BCUT2D eigenvalue weighted by Gasteiger charge is -2.01. The molecule has 0 aliphatic heterocycles. The van der Waals surface area contributed by atoms with Crippen LogP contribution in [0.4, 0.5) is 10.1 Å². The van der Waals surface area contributed by atoms with Crippen LogP contribution in [0.5, 0.6) is 0 Å². The number of hydrogen-bond donors (Lipinski definition) is 1. The molecule has 0 saturated carbocycles. The van der Waals surface area contributed by atoms with Gasteiger partial charge in [0.15, 0.2) is 0 Å². The molecule has 0 radical (unpaired) electrons. The molecule has 2 aromatic carbocycles. The van der Waals surface area contributed by atoms with Crippen molar-refractivity contribution in [1.82, 2.24) is 4.98 Å². The molecule has 1 N–H and O–H groups in total. The number of hydrogen-bond acceptors (Lipinski definition) is 4. The Hall–Kier alpha value is -2.49. The van der Waals surface area contributed by atoms with Crippen molar-refractivity contribution in [3.05, 3.63) is 75.4 Å². The van der Waals surface area contributed by atoms with E-state index in [-0.39, 0.29) is 5.82 Å². The van der Waals surface area contributed by atoms with E-state index in [2.05, 4.69) is 32.3 Å². The van der Waals surface area contributed by atoms with Crippen molar-refractivity contribution in [1.29, 1.82) is 5.26 Å². The van der Waals surface area contributed by atoms with E-state index in [1.165, 1.54) is 29.7 Å². The first kappa shape index (κ1) is 16.4. The molecule has 0 aliphatic rings. The Morgan fingerprint density at radius 1 is 1.25 bits per heavy atom. The molecule has 3 aromatic rings. The lowest BCUT2D eigenvalue weighted by atomic mass is 10.2. The third-order valence-corrected chi connectivity index (χ3v) is 4.55. The third-order valence-electron chi connectivity index (χ3n) is 3.18. The number of nitrogens with one attached hydrogen (secondary N) is 1. The monoisotopic (exact) mass is 399 g/mol. The summed E-state index contributed by atoms with van der Waals surface area (Å²) in [6, 6.07) is 16.0. The van der Waals surface area contributed by atoms with Crippen LogP contribution < -0.4 is 5.32 Å². The van der Waals surface area contributed by atoms with Crippen molar-refractivity contribution < 1.29 is 4.39 Å². The minimum Gasteiger partial charge on any atom is -0.360 e. The first-order valence-electron chi connectivity index (χ1n) is 7.00. The number of nitriles is 1. The average Bonchev–Trinajstić information content (AvgIpc) is 3.05. The third kappa shape index (κ3) is 3.88. The standard InChI is InChI=1S/C18H11BrFN3S/c19-14-4-1-3-12(7-14)17-11-24-18(23-17)13(9-21)10-22-16-6-2-5-15(20)8-16/h1-8,10-11,22H. The van der Waals surface area contributed by atoms with Crippen LogP contribution in [0.15, 0.2) is 64.6 Å². The van der Waals surface area contributed by atoms with Crippen LogP contribution in [0, 0.1) is 17.1 Å². The molecule has 6 heteroatoms. The summed E-state index contributed by atoms with van der Waals surface area (Å²) in [6.45, 7) is 0. The number of nitrogens with zero attached hydrogens (tertiary/aromatic N) is 2. The zero-order chi connectivity index (χ0) is 16.9. The zero-order valence-corrected chi connectivity index (χ0v) is 14.7. The summed E-state index contributed by atoms with van der Waals surface area (Å²) in [6.07, 6.45) is 1.54. The molecular weight excluding hydrogens is 389 g/mol. The van der Waals surface area contributed by atoms with E-state index in [1.54, 1.807) is 12.1 Å². The summed E-state index contributed by atoms with van der Waals surface area (Å²) >= 11 is 4.83. The van der Waals surface area contributed by atoms with Gasteiger partial charge in [0.25, 0.3) is 0 Å². The maximum absolute atomic E-state index is 13.2. The highest BCUT2D eigenvalue weighted by Crippen LogP contribution is 2.27. The molecule has 0 unspecified atom stereocenters. The van der Waals surface area contributed by atoms with Gasteiger partial charge in [-0.3, -0.25) is 0 Å². The summed E-state index contributed by atoms with van der Waals surface area (Å²) < 4.78 is 14.2. The highest BCUT2D eigenvalue weighted by molar-refractivity contribution is 9.10. The molecule has 0 amide bonds. The molecule has 0 aliphatic carbocycles. The minimum absolute atomic E-state index is 0.335. The van der Waals surface area contributed by atoms with Crippen molar-refractivity contribution >= 4 is 38.5 Å². The zero-order valence-electron chi connectivity index (χ0n) is 12.3. The molecule has 1 heterocycles. The highest BCUT2D eigenvalue weighted by atomic mass is 79.9. The first-order chi connectivity index (χ1) is 11.7. The Morgan fingerprint density at radius 2 is 2.08 bits per heavy atom. The second kappa shape index (κ2) is 7.39. The number of thiazole rings is 1. The van der Waals surface area contributed by atoms with Crippen LogP contribution in [0.2, 0.25) is 0 Å². The van der Waals surface area contributed by atoms with Gasteiger partial charge in [-0.2, -0.15) is 5.26 Å². The predicted octanol–water partition coefficient (Wildman–Crippen LogP) is 5.69. The van der Waals surface area contributed by atoms with Crippen LogP contribution in [0.25, 0.3) is 16.8 Å². The highest BCUT2D eigenvalue weighted by Gasteiger charge is 2.09. The second-order valence-electron chi connectivity index (χ2n) is 4.87. The maximum atomic E-state index is 13.2. The Morgan fingerprint density at radius 3 is 2.83 bits per heavy atom. The van der Waals surface area contributed by atoms with Gasteiger partial charge in [0.05, 0.1) is 5.69 Å². The molecule has 0 fully saturated rings. The summed E-state index contributed by atoms with van der Waals surface area (Å²) in [5.41, 5.74) is 2.75. The van der Waals surface area contributed by atoms with E-state index in [1.807, 2.05) is 29.6 Å². The molecule has 0 saturated heterocycles. The van der Waals surface area contributed by atoms with Gasteiger partial charge in [0.2, 0.25) is 0 Å². The Labute approximate surface area is 151 Å². The van der Waals surface area contributed by atoms with Gasteiger partial charge < -0.3 is 5.32 Å².